The Kier molecular flexibility index (Phi) is 6.23. The first-order valence-corrected chi connectivity index (χ1v) is 6.82. The highest BCUT2D eigenvalue weighted by Crippen LogP contribution is 2.27. The van der Waals surface area contributed by atoms with Crippen molar-refractivity contribution in [3.8, 4) is 0 Å². The molecule has 0 aliphatic rings. The number of carboxylic acid groups (broad SMARTS) is 1. The minimum absolute atomic E-state index is 0.0159. The van der Waals surface area contributed by atoms with Gasteiger partial charge in [0.1, 0.15) is 0 Å². The van der Waals surface area contributed by atoms with E-state index in [9.17, 15) is 4.79 Å². The van der Waals surface area contributed by atoms with Crippen LogP contribution in [0.2, 0.25) is 0 Å². The number of aromatic nitrogens is 2. The summed E-state index contributed by atoms with van der Waals surface area (Å²) >= 11 is 2.59. The van der Waals surface area contributed by atoms with Crippen LogP contribution >= 0.6 is 23.1 Å². The Bertz CT molecular complexity index is 359. The molecule has 0 aliphatic heterocycles. The number of aliphatic carboxylic acids is 1. The van der Waals surface area contributed by atoms with Gasteiger partial charge in [-0.1, -0.05) is 23.1 Å². The fourth-order valence-electron chi connectivity index (χ4n) is 1.08. The first-order valence-electron chi connectivity index (χ1n) is 5.01. The fraction of sp³-hybridized carbons (Fsp3) is 0.667. The summed E-state index contributed by atoms with van der Waals surface area (Å²) in [6.45, 7) is 1.55. The second kappa shape index (κ2) is 7.46. The number of ether oxygens (including phenoxy) is 1. The molecule has 0 saturated carbocycles. The van der Waals surface area contributed by atoms with E-state index in [0.717, 1.165) is 18.1 Å². The van der Waals surface area contributed by atoms with Crippen LogP contribution < -0.4 is 4.90 Å². The summed E-state index contributed by atoms with van der Waals surface area (Å²) < 4.78 is 5.65. The molecule has 1 aromatic rings. The van der Waals surface area contributed by atoms with Crippen LogP contribution in [0.5, 0.6) is 0 Å². The molecule has 1 aromatic heterocycles. The molecular weight excluding hydrogens is 262 g/mol. The van der Waals surface area contributed by atoms with Crippen LogP contribution in [0.4, 0.5) is 5.13 Å². The van der Waals surface area contributed by atoms with Crippen molar-refractivity contribution in [2.24, 2.45) is 0 Å². The maximum Gasteiger partial charge on any atom is 0.313 e. The van der Waals surface area contributed by atoms with E-state index in [4.69, 9.17) is 9.84 Å². The number of rotatable bonds is 8. The lowest BCUT2D eigenvalue weighted by Crippen LogP contribution is -2.19. The van der Waals surface area contributed by atoms with Gasteiger partial charge >= 0.3 is 5.97 Å². The van der Waals surface area contributed by atoms with Crippen molar-refractivity contribution in [1.29, 1.82) is 0 Å². The molecule has 6 nitrogen and oxygen atoms in total. The van der Waals surface area contributed by atoms with Gasteiger partial charge in [0.15, 0.2) is 4.34 Å². The highest BCUT2D eigenvalue weighted by Gasteiger charge is 2.10. The third-order valence-electron chi connectivity index (χ3n) is 1.88. The van der Waals surface area contributed by atoms with Crippen LogP contribution in [0.3, 0.4) is 0 Å². The van der Waals surface area contributed by atoms with Crippen molar-refractivity contribution in [3.05, 3.63) is 0 Å². The van der Waals surface area contributed by atoms with Crippen LogP contribution in [0, 0.1) is 0 Å². The molecule has 0 bridgehead atoms. The van der Waals surface area contributed by atoms with Crippen LogP contribution in [-0.2, 0) is 9.53 Å². The Morgan fingerprint density at radius 3 is 3.00 bits per heavy atom. The zero-order valence-corrected chi connectivity index (χ0v) is 11.4. The molecule has 8 heteroatoms. The molecule has 0 saturated heterocycles. The van der Waals surface area contributed by atoms with E-state index in [1.54, 1.807) is 7.11 Å². The van der Waals surface area contributed by atoms with Crippen molar-refractivity contribution in [2.45, 2.75) is 10.8 Å². The van der Waals surface area contributed by atoms with Crippen LogP contribution in [0.15, 0.2) is 4.34 Å². The lowest BCUT2D eigenvalue weighted by molar-refractivity contribution is -0.133. The van der Waals surface area contributed by atoms with E-state index >= 15 is 0 Å². The van der Waals surface area contributed by atoms with Gasteiger partial charge in [0.2, 0.25) is 5.13 Å². The van der Waals surface area contributed by atoms with Crippen molar-refractivity contribution < 1.29 is 14.6 Å². The van der Waals surface area contributed by atoms with E-state index in [-0.39, 0.29) is 5.75 Å². The number of anilines is 1. The van der Waals surface area contributed by atoms with E-state index < -0.39 is 5.97 Å². The Morgan fingerprint density at radius 1 is 1.59 bits per heavy atom. The molecule has 1 rings (SSSR count). The normalized spacial score (nSPS) is 10.5. The molecule has 17 heavy (non-hydrogen) atoms. The van der Waals surface area contributed by atoms with Gasteiger partial charge in [-0.25, -0.2) is 0 Å². The monoisotopic (exact) mass is 277 g/mol. The first-order chi connectivity index (χ1) is 8.13. The summed E-state index contributed by atoms with van der Waals surface area (Å²) in [5.74, 6) is -0.831. The molecule has 96 valence electrons. The lowest BCUT2D eigenvalue weighted by Gasteiger charge is -2.13. The van der Waals surface area contributed by atoms with Crippen molar-refractivity contribution in [2.75, 3.05) is 38.0 Å². The molecule has 1 N–H and O–H groups in total. The van der Waals surface area contributed by atoms with Crippen LogP contribution in [0.1, 0.15) is 6.42 Å². The SMILES string of the molecule is COCCCN(C)c1nnc(SCC(=O)O)s1. The van der Waals surface area contributed by atoms with Gasteiger partial charge < -0.3 is 14.7 Å². The first kappa shape index (κ1) is 14.2. The third-order valence-corrected chi connectivity index (χ3v) is 4.04. The van der Waals surface area contributed by atoms with E-state index in [0.29, 0.717) is 10.9 Å². The number of carboxylic acids is 1. The number of carbonyl (C=O) groups is 1. The van der Waals surface area contributed by atoms with Gasteiger partial charge in [-0.15, -0.1) is 10.2 Å². The average molecular weight is 277 g/mol. The van der Waals surface area contributed by atoms with Crippen LogP contribution in [-0.4, -0.2) is 54.3 Å². The summed E-state index contributed by atoms with van der Waals surface area (Å²) in [6.07, 6.45) is 0.921. The van der Waals surface area contributed by atoms with Crippen molar-refractivity contribution in [3.63, 3.8) is 0 Å². The molecule has 0 spiro atoms. The summed E-state index contributed by atoms with van der Waals surface area (Å²) in [6, 6.07) is 0. The molecule has 0 aliphatic carbocycles. The molecule has 0 fully saturated rings. The van der Waals surface area contributed by atoms with E-state index in [1.807, 2.05) is 11.9 Å². The summed E-state index contributed by atoms with van der Waals surface area (Å²) in [7, 11) is 3.60. The zero-order chi connectivity index (χ0) is 12.7. The van der Waals surface area contributed by atoms with Gasteiger partial charge in [-0.3, -0.25) is 4.79 Å². The Morgan fingerprint density at radius 2 is 2.35 bits per heavy atom. The molecule has 0 unspecified atom stereocenters. The Labute approximate surface area is 108 Å². The molecule has 0 amide bonds. The van der Waals surface area contributed by atoms with Gasteiger partial charge in [0.25, 0.3) is 0 Å². The average Bonchev–Trinajstić information content (AvgIpc) is 2.75. The highest BCUT2D eigenvalue weighted by molar-refractivity contribution is 8.01. The highest BCUT2D eigenvalue weighted by atomic mass is 32.2. The van der Waals surface area contributed by atoms with Gasteiger partial charge in [-0.05, 0) is 6.42 Å². The van der Waals surface area contributed by atoms with Crippen molar-refractivity contribution in [1.82, 2.24) is 10.2 Å². The lowest BCUT2D eigenvalue weighted by atomic mass is 10.4. The smallest absolute Gasteiger partial charge is 0.313 e. The van der Waals surface area contributed by atoms with E-state index in [2.05, 4.69) is 10.2 Å². The topological polar surface area (TPSA) is 75.5 Å². The van der Waals surface area contributed by atoms with E-state index in [1.165, 1.54) is 23.1 Å². The molecule has 0 atom stereocenters. The minimum atomic E-state index is -0.847. The maximum absolute atomic E-state index is 10.4. The number of hydrogen-bond donors (Lipinski definition) is 1. The predicted octanol–water partition coefficient (Wildman–Crippen LogP) is 1.19. The second-order valence-corrected chi connectivity index (χ2v) is 5.48. The predicted molar refractivity (Wildman–Crippen MR) is 68.0 cm³/mol. The zero-order valence-electron chi connectivity index (χ0n) is 9.75. The summed E-state index contributed by atoms with van der Waals surface area (Å²) in [5.41, 5.74) is 0. The molecule has 0 aromatic carbocycles. The molecular formula is C9H15N3O3S2. The fourth-order valence-corrected chi connectivity index (χ4v) is 2.63. The number of methoxy groups -OCH3 is 1. The van der Waals surface area contributed by atoms with Gasteiger partial charge in [0, 0.05) is 27.3 Å². The maximum atomic E-state index is 10.4. The summed E-state index contributed by atoms with van der Waals surface area (Å²) in [4.78, 5) is 12.4. The largest absolute Gasteiger partial charge is 0.481 e. The Hall–Kier alpha value is -0.860. The Balaban J connectivity index is 2.40. The summed E-state index contributed by atoms with van der Waals surface area (Å²) in [5, 5.41) is 17.3. The van der Waals surface area contributed by atoms with Gasteiger partial charge in [0.05, 0.1) is 5.75 Å². The second-order valence-electron chi connectivity index (χ2n) is 3.30. The molecule has 1 heterocycles. The molecule has 0 radical (unpaired) electrons. The third kappa shape index (κ3) is 5.33. The van der Waals surface area contributed by atoms with Crippen LogP contribution in [0.25, 0.3) is 0 Å². The minimum Gasteiger partial charge on any atom is -0.481 e. The number of thioether (sulfide) groups is 1. The standard InChI is InChI=1S/C9H15N3O3S2/c1-12(4-3-5-15-2)8-10-11-9(17-8)16-6-7(13)14/h3-6H2,1-2H3,(H,13,14). The number of nitrogens with zero attached hydrogens (tertiary/aromatic N) is 3. The quantitative estimate of drug-likeness (QED) is 0.565. The van der Waals surface area contributed by atoms with Crippen molar-refractivity contribution >= 4 is 34.2 Å². The number of hydrogen-bond acceptors (Lipinski definition) is 7. The van der Waals surface area contributed by atoms with Gasteiger partial charge in [-0.2, -0.15) is 0 Å².